The minimum atomic E-state index is -1.17. The lowest BCUT2D eigenvalue weighted by Crippen LogP contribution is -2.40. The molecule has 0 aromatic heterocycles. The molecule has 0 saturated carbocycles. The highest BCUT2D eigenvalue weighted by molar-refractivity contribution is 9.10. The first-order chi connectivity index (χ1) is 8.45. The molecule has 0 heterocycles. The first-order valence-electron chi connectivity index (χ1n) is 4.88. The number of hydrogen-bond acceptors (Lipinski definition) is 2. The number of carbonyl (C=O) groups excluding carboxylic acids is 1. The first-order valence-corrected chi connectivity index (χ1v) is 6.05. The lowest BCUT2D eigenvalue weighted by atomic mass is 10.1. The average Bonchev–Trinajstić information content (AvgIpc) is 2.31. The van der Waals surface area contributed by atoms with E-state index in [0.717, 1.165) is 0 Å². The largest absolute Gasteiger partial charge is 0.480 e. The summed E-state index contributed by atoms with van der Waals surface area (Å²) >= 11 is 8.97. The summed E-state index contributed by atoms with van der Waals surface area (Å²) in [4.78, 5) is 22.6. The second-order valence-electron chi connectivity index (χ2n) is 3.40. The maximum Gasteiger partial charge on any atom is 0.327 e. The predicted octanol–water partition coefficient (Wildman–Crippen LogP) is 2.31. The molecule has 0 fully saturated rings. The van der Waals surface area contributed by atoms with Gasteiger partial charge in [-0.2, -0.15) is 0 Å². The van der Waals surface area contributed by atoms with Gasteiger partial charge in [0.15, 0.2) is 0 Å². The molecule has 4 nitrogen and oxygen atoms in total. The van der Waals surface area contributed by atoms with Gasteiger partial charge in [-0.05, 0) is 34.1 Å². The highest BCUT2D eigenvalue weighted by atomic mass is 79.9. The van der Waals surface area contributed by atoms with Crippen LogP contribution in [0.3, 0.4) is 0 Å². The highest BCUT2D eigenvalue weighted by Crippen LogP contribution is 2.23. The zero-order valence-electron chi connectivity index (χ0n) is 9.11. The third-order valence-electron chi connectivity index (χ3n) is 2.11. The van der Waals surface area contributed by atoms with Gasteiger partial charge >= 0.3 is 5.97 Å². The van der Waals surface area contributed by atoms with E-state index in [1.54, 1.807) is 0 Å². The van der Waals surface area contributed by atoms with Crippen molar-refractivity contribution in [1.82, 2.24) is 5.32 Å². The van der Waals surface area contributed by atoms with Crippen LogP contribution in [0.1, 0.15) is 16.8 Å². The van der Waals surface area contributed by atoms with Crippen LogP contribution in [-0.4, -0.2) is 23.0 Å². The van der Waals surface area contributed by atoms with E-state index in [9.17, 15) is 9.59 Å². The Hall–Kier alpha value is -1.51. The van der Waals surface area contributed by atoms with Crippen LogP contribution >= 0.6 is 27.5 Å². The number of carbonyl (C=O) groups is 2. The Kier molecular flexibility index (Phi) is 5.20. The van der Waals surface area contributed by atoms with Crippen molar-refractivity contribution in [3.63, 3.8) is 0 Å². The van der Waals surface area contributed by atoms with Crippen molar-refractivity contribution in [2.24, 2.45) is 0 Å². The summed E-state index contributed by atoms with van der Waals surface area (Å²) in [6.45, 7) is 0. The Labute approximate surface area is 117 Å². The number of benzene rings is 1. The van der Waals surface area contributed by atoms with Gasteiger partial charge in [-0.1, -0.05) is 11.6 Å². The molecule has 0 aliphatic carbocycles. The molecular formula is C12H9BrClNO3. The number of hydrogen-bond donors (Lipinski definition) is 2. The van der Waals surface area contributed by atoms with Gasteiger partial charge in [-0.15, -0.1) is 12.3 Å². The number of carboxylic acid groups (broad SMARTS) is 1. The van der Waals surface area contributed by atoms with Crippen molar-refractivity contribution in [3.05, 3.63) is 33.3 Å². The molecule has 18 heavy (non-hydrogen) atoms. The van der Waals surface area contributed by atoms with E-state index >= 15 is 0 Å². The molecule has 0 aliphatic rings. The van der Waals surface area contributed by atoms with Crippen LogP contribution in [0.15, 0.2) is 22.7 Å². The molecule has 1 amide bonds. The van der Waals surface area contributed by atoms with Crippen LogP contribution in [0, 0.1) is 12.3 Å². The minimum Gasteiger partial charge on any atom is -0.480 e. The molecule has 2 N–H and O–H groups in total. The van der Waals surface area contributed by atoms with Crippen LogP contribution in [0.2, 0.25) is 5.02 Å². The van der Waals surface area contributed by atoms with Gasteiger partial charge < -0.3 is 10.4 Å². The van der Waals surface area contributed by atoms with Crippen LogP contribution in [0.5, 0.6) is 0 Å². The number of halogens is 2. The molecular weight excluding hydrogens is 321 g/mol. The smallest absolute Gasteiger partial charge is 0.327 e. The van der Waals surface area contributed by atoms with Crippen molar-refractivity contribution < 1.29 is 14.7 Å². The highest BCUT2D eigenvalue weighted by Gasteiger charge is 2.19. The summed E-state index contributed by atoms with van der Waals surface area (Å²) in [5.74, 6) is 0.510. The maximum atomic E-state index is 11.8. The molecule has 1 atom stereocenters. The van der Waals surface area contributed by atoms with E-state index in [1.807, 2.05) is 0 Å². The number of aliphatic carboxylic acids is 1. The number of carboxylic acids is 1. The quantitative estimate of drug-likeness (QED) is 0.833. The second kappa shape index (κ2) is 6.43. The Morgan fingerprint density at radius 1 is 1.56 bits per heavy atom. The third kappa shape index (κ3) is 3.76. The Morgan fingerprint density at radius 3 is 2.72 bits per heavy atom. The molecule has 94 valence electrons. The lowest BCUT2D eigenvalue weighted by molar-refractivity contribution is -0.139. The average molecular weight is 331 g/mol. The molecule has 1 aromatic carbocycles. The number of nitrogens with one attached hydrogen (secondary N) is 1. The second-order valence-corrected chi connectivity index (χ2v) is 4.66. The van der Waals surface area contributed by atoms with E-state index in [-0.39, 0.29) is 6.42 Å². The molecule has 0 saturated heterocycles. The normalized spacial score (nSPS) is 11.4. The summed E-state index contributed by atoms with van der Waals surface area (Å²) in [6, 6.07) is 3.44. The third-order valence-corrected chi connectivity index (χ3v) is 3.32. The van der Waals surface area contributed by atoms with Crippen molar-refractivity contribution in [2.45, 2.75) is 12.5 Å². The lowest BCUT2D eigenvalue weighted by Gasteiger charge is -2.12. The Bertz CT molecular complexity index is 525. The van der Waals surface area contributed by atoms with Crippen molar-refractivity contribution in [1.29, 1.82) is 0 Å². The number of amides is 1. The summed E-state index contributed by atoms with van der Waals surface area (Å²) in [5.41, 5.74) is 0.301. The van der Waals surface area contributed by atoms with Gasteiger partial charge in [0.25, 0.3) is 5.91 Å². The summed E-state index contributed by atoms with van der Waals surface area (Å²) < 4.78 is 0.556. The topological polar surface area (TPSA) is 66.4 Å². The predicted molar refractivity (Wildman–Crippen MR) is 71.5 cm³/mol. The molecule has 1 rings (SSSR count). The molecule has 0 aliphatic heterocycles. The fourth-order valence-corrected chi connectivity index (χ4v) is 1.69. The minimum absolute atomic E-state index is 0.0736. The SMILES string of the molecule is C#CCC(NC(=O)c1ccc(Cl)c(Br)c1)C(=O)O. The maximum absolute atomic E-state index is 11.8. The van der Waals surface area contributed by atoms with Gasteiger partial charge in [0, 0.05) is 16.5 Å². The van der Waals surface area contributed by atoms with Gasteiger partial charge in [0.1, 0.15) is 6.04 Å². The van der Waals surface area contributed by atoms with E-state index in [4.69, 9.17) is 23.1 Å². The molecule has 6 heteroatoms. The molecule has 0 radical (unpaired) electrons. The Balaban J connectivity index is 2.84. The standard InChI is InChI=1S/C12H9BrClNO3/c1-2-3-10(12(17)18)15-11(16)7-4-5-9(14)8(13)6-7/h1,4-6,10H,3H2,(H,15,16)(H,17,18). The zero-order valence-corrected chi connectivity index (χ0v) is 11.5. The van der Waals surface area contributed by atoms with Crippen LogP contribution in [0.4, 0.5) is 0 Å². The molecule has 1 aromatic rings. The number of rotatable bonds is 4. The van der Waals surface area contributed by atoms with Gasteiger partial charge in [0.2, 0.25) is 0 Å². The van der Waals surface area contributed by atoms with E-state index in [1.165, 1.54) is 18.2 Å². The van der Waals surface area contributed by atoms with Gasteiger partial charge in [-0.3, -0.25) is 4.79 Å². The van der Waals surface area contributed by atoms with E-state index in [2.05, 4.69) is 27.2 Å². The van der Waals surface area contributed by atoms with Crippen molar-refractivity contribution in [2.75, 3.05) is 0 Å². The van der Waals surface area contributed by atoms with E-state index < -0.39 is 17.9 Å². The van der Waals surface area contributed by atoms with Gasteiger partial charge in [-0.25, -0.2) is 4.79 Å². The number of terminal acetylenes is 1. The molecule has 0 bridgehead atoms. The van der Waals surface area contributed by atoms with Crippen LogP contribution in [0.25, 0.3) is 0 Å². The van der Waals surface area contributed by atoms with Crippen LogP contribution < -0.4 is 5.32 Å². The Morgan fingerprint density at radius 2 is 2.22 bits per heavy atom. The monoisotopic (exact) mass is 329 g/mol. The molecule has 0 spiro atoms. The van der Waals surface area contributed by atoms with E-state index in [0.29, 0.717) is 15.1 Å². The van der Waals surface area contributed by atoms with Gasteiger partial charge in [0.05, 0.1) is 5.02 Å². The fourth-order valence-electron chi connectivity index (χ4n) is 1.20. The first kappa shape index (κ1) is 14.6. The van der Waals surface area contributed by atoms with Crippen molar-refractivity contribution >= 4 is 39.4 Å². The van der Waals surface area contributed by atoms with Crippen LogP contribution in [-0.2, 0) is 4.79 Å². The summed E-state index contributed by atoms with van der Waals surface area (Å²) in [7, 11) is 0. The molecule has 1 unspecified atom stereocenters. The summed E-state index contributed by atoms with van der Waals surface area (Å²) in [5, 5.41) is 11.7. The fraction of sp³-hybridized carbons (Fsp3) is 0.167. The van der Waals surface area contributed by atoms with Crippen molar-refractivity contribution in [3.8, 4) is 12.3 Å². The zero-order chi connectivity index (χ0) is 13.7. The summed E-state index contributed by atoms with van der Waals surface area (Å²) in [6.07, 6.45) is 4.96.